The molecule has 88 valence electrons. The van der Waals surface area contributed by atoms with Crippen molar-refractivity contribution in [2.75, 3.05) is 6.54 Å². The van der Waals surface area contributed by atoms with Gasteiger partial charge in [0.05, 0.1) is 0 Å². The Labute approximate surface area is 103 Å². The van der Waals surface area contributed by atoms with Gasteiger partial charge < -0.3 is 5.32 Å². The lowest BCUT2D eigenvalue weighted by Gasteiger charge is -2.14. The molecule has 0 heterocycles. The highest BCUT2D eigenvalue weighted by Crippen LogP contribution is 2.47. The summed E-state index contributed by atoms with van der Waals surface area (Å²) in [6.45, 7) is 6.38. The Bertz CT molecular complexity index is 369. The first kappa shape index (κ1) is 11.9. The van der Waals surface area contributed by atoms with Crippen LogP contribution < -0.4 is 5.32 Å². The zero-order valence-electron chi connectivity index (χ0n) is 10.1. The van der Waals surface area contributed by atoms with E-state index in [1.165, 1.54) is 30.4 Å². The predicted molar refractivity (Wildman–Crippen MR) is 69.9 cm³/mol. The number of hydrogen-bond donors (Lipinski definition) is 1. The van der Waals surface area contributed by atoms with Crippen molar-refractivity contribution in [3.05, 3.63) is 34.3 Å². The van der Waals surface area contributed by atoms with Crippen LogP contribution in [0.15, 0.2) is 18.2 Å². The molecule has 1 aromatic rings. The summed E-state index contributed by atoms with van der Waals surface area (Å²) in [5.41, 5.74) is 3.04. The normalized spacial score (nSPS) is 17.4. The molecule has 0 bridgehead atoms. The molecule has 0 amide bonds. The Kier molecular flexibility index (Phi) is 3.56. The van der Waals surface area contributed by atoms with Crippen molar-refractivity contribution in [3.63, 3.8) is 0 Å². The molecule has 1 N–H and O–H groups in total. The van der Waals surface area contributed by atoms with E-state index in [1.54, 1.807) is 0 Å². The molecule has 1 nitrogen and oxygen atoms in total. The van der Waals surface area contributed by atoms with Crippen molar-refractivity contribution >= 4 is 11.6 Å². The second-order valence-corrected chi connectivity index (χ2v) is 5.46. The molecule has 0 aliphatic heterocycles. The zero-order valence-corrected chi connectivity index (χ0v) is 10.9. The van der Waals surface area contributed by atoms with E-state index < -0.39 is 0 Å². The average molecular weight is 238 g/mol. The molecule has 1 aliphatic rings. The maximum Gasteiger partial charge on any atom is 0.0453 e. The van der Waals surface area contributed by atoms with Crippen molar-refractivity contribution in [2.24, 2.45) is 5.41 Å². The zero-order chi connectivity index (χ0) is 11.6. The van der Waals surface area contributed by atoms with Gasteiger partial charge in [-0.15, -0.1) is 0 Å². The standard InChI is InChI=1S/C14H20ClN/c1-3-14(6-7-14)10-16-9-12-5-4-11(2)8-13(12)15/h4-5,8,16H,3,6-7,9-10H2,1-2H3. The SMILES string of the molecule is CCC1(CNCc2ccc(C)cc2Cl)CC1. The fourth-order valence-electron chi connectivity index (χ4n) is 2.09. The van der Waals surface area contributed by atoms with Gasteiger partial charge in [0, 0.05) is 18.1 Å². The molecule has 1 fully saturated rings. The van der Waals surface area contributed by atoms with Crippen LogP contribution in [-0.4, -0.2) is 6.54 Å². The lowest BCUT2D eigenvalue weighted by atomic mass is 10.0. The van der Waals surface area contributed by atoms with Gasteiger partial charge in [0.15, 0.2) is 0 Å². The van der Waals surface area contributed by atoms with Gasteiger partial charge >= 0.3 is 0 Å². The van der Waals surface area contributed by atoms with Gasteiger partial charge in [-0.2, -0.15) is 0 Å². The van der Waals surface area contributed by atoms with E-state index in [9.17, 15) is 0 Å². The van der Waals surface area contributed by atoms with Gasteiger partial charge in [0.2, 0.25) is 0 Å². The lowest BCUT2D eigenvalue weighted by Crippen LogP contribution is -2.23. The molecular weight excluding hydrogens is 218 g/mol. The molecule has 1 aliphatic carbocycles. The number of aryl methyl sites for hydroxylation is 1. The third-order valence-electron chi connectivity index (χ3n) is 3.73. The van der Waals surface area contributed by atoms with Crippen LogP contribution in [0.1, 0.15) is 37.3 Å². The summed E-state index contributed by atoms with van der Waals surface area (Å²) in [6, 6.07) is 6.27. The van der Waals surface area contributed by atoms with Gasteiger partial charge in [-0.3, -0.25) is 0 Å². The molecule has 0 aromatic heterocycles. The number of hydrogen-bond acceptors (Lipinski definition) is 1. The summed E-state index contributed by atoms with van der Waals surface area (Å²) >= 11 is 6.19. The van der Waals surface area contributed by atoms with E-state index in [0.717, 1.165) is 18.1 Å². The van der Waals surface area contributed by atoms with E-state index in [4.69, 9.17) is 11.6 Å². The second-order valence-electron chi connectivity index (χ2n) is 5.05. The number of rotatable bonds is 5. The average Bonchev–Trinajstić information content (AvgIpc) is 3.02. The Hall–Kier alpha value is -0.530. The minimum absolute atomic E-state index is 0.608. The summed E-state index contributed by atoms with van der Waals surface area (Å²) in [5.74, 6) is 0. The maximum absolute atomic E-state index is 6.19. The highest BCUT2D eigenvalue weighted by atomic mass is 35.5. The fraction of sp³-hybridized carbons (Fsp3) is 0.571. The van der Waals surface area contributed by atoms with Gasteiger partial charge in [0.1, 0.15) is 0 Å². The van der Waals surface area contributed by atoms with Crippen LogP contribution in [0.2, 0.25) is 5.02 Å². The first-order chi connectivity index (χ1) is 7.65. The summed E-state index contributed by atoms with van der Waals surface area (Å²) in [6.07, 6.45) is 4.07. The molecule has 2 rings (SSSR count). The predicted octanol–water partition coefficient (Wildman–Crippen LogP) is 3.93. The first-order valence-corrected chi connectivity index (χ1v) is 6.49. The largest absolute Gasteiger partial charge is 0.312 e. The van der Waals surface area contributed by atoms with Gasteiger partial charge in [-0.1, -0.05) is 30.7 Å². The van der Waals surface area contributed by atoms with E-state index >= 15 is 0 Å². The van der Waals surface area contributed by atoms with Crippen molar-refractivity contribution in [1.29, 1.82) is 0 Å². The number of benzene rings is 1. The highest BCUT2D eigenvalue weighted by molar-refractivity contribution is 6.31. The molecule has 0 radical (unpaired) electrons. The molecule has 0 atom stereocenters. The fourth-order valence-corrected chi connectivity index (χ4v) is 2.39. The Balaban J connectivity index is 1.85. The smallest absolute Gasteiger partial charge is 0.0453 e. The Morgan fingerprint density at radius 3 is 2.69 bits per heavy atom. The highest BCUT2D eigenvalue weighted by Gasteiger charge is 2.39. The van der Waals surface area contributed by atoms with Crippen molar-refractivity contribution in [3.8, 4) is 0 Å². The minimum Gasteiger partial charge on any atom is -0.312 e. The van der Waals surface area contributed by atoms with Crippen LogP contribution >= 0.6 is 11.6 Å². The van der Waals surface area contributed by atoms with Gasteiger partial charge in [0.25, 0.3) is 0 Å². The summed E-state index contributed by atoms with van der Waals surface area (Å²) < 4.78 is 0. The van der Waals surface area contributed by atoms with Crippen LogP contribution in [0, 0.1) is 12.3 Å². The second kappa shape index (κ2) is 4.77. The molecule has 0 spiro atoms. The van der Waals surface area contributed by atoms with Crippen molar-refractivity contribution in [1.82, 2.24) is 5.32 Å². The van der Waals surface area contributed by atoms with E-state index in [1.807, 2.05) is 6.07 Å². The quantitative estimate of drug-likeness (QED) is 0.818. The van der Waals surface area contributed by atoms with Crippen LogP contribution in [-0.2, 0) is 6.54 Å². The minimum atomic E-state index is 0.608. The van der Waals surface area contributed by atoms with Crippen molar-refractivity contribution in [2.45, 2.75) is 39.7 Å². The summed E-state index contributed by atoms with van der Waals surface area (Å²) in [4.78, 5) is 0. The third kappa shape index (κ3) is 2.78. The van der Waals surface area contributed by atoms with Crippen LogP contribution in [0.4, 0.5) is 0 Å². The van der Waals surface area contributed by atoms with Crippen LogP contribution in [0.5, 0.6) is 0 Å². The Morgan fingerprint density at radius 2 is 2.12 bits per heavy atom. The summed E-state index contributed by atoms with van der Waals surface area (Å²) in [7, 11) is 0. The summed E-state index contributed by atoms with van der Waals surface area (Å²) in [5, 5.41) is 4.41. The van der Waals surface area contributed by atoms with Crippen LogP contribution in [0.25, 0.3) is 0 Å². The molecule has 1 aromatic carbocycles. The maximum atomic E-state index is 6.19. The molecule has 1 saturated carbocycles. The van der Waals surface area contributed by atoms with Gasteiger partial charge in [-0.25, -0.2) is 0 Å². The monoisotopic (exact) mass is 237 g/mol. The first-order valence-electron chi connectivity index (χ1n) is 6.11. The molecule has 0 unspecified atom stereocenters. The van der Waals surface area contributed by atoms with E-state index in [-0.39, 0.29) is 0 Å². The molecule has 2 heteroatoms. The number of halogens is 1. The molecular formula is C14H20ClN. The van der Waals surface area contributed by atoms with E-state index in [0.29, 0.717) is 5.41 Å². The molecule has 16 heavy (non-hydrogen) atoms. The van der Waals surface area contributed by atoms with E-state index in [2.05, 4.69) is 31.3 Å². The topological polar surface area (TPSA) is 12.0 Å². The van der Waals surface area contributed by atoms with Crippen molar-refractivity contribution < 1.29 is 0 Å². The number of nitrogens with one attached hydrogen (secondary N) is 1. The Morgan fingerprint density at radius 1 is 1.38 bits per heavy atom. The molecule has 0 saturated heterocycles. The third-order valence-corrected chi connectivity index (χ3v) is 4.08. The van der Waals surface area contributed by atoms with Crippen LogP contribution in [0.3, 0.4) is 0 Å². The van der Waals surface area contributed by atoms with Gasteiger partial charge in [-0.05, 0) is 48.8 Å². The lowest BCUT2D eigenvalue weighted by molar-refractivity contribution is 0.443.